The maximum absolute atomic E-state index is 4.96. The summed E-state index contributed by atoms with van der Waals surface area (Å²) in [5, 5.41) is 3.23. The number of methoxy groups -OCH3 is 1. The number of aryl methyl sites for hydroxylation is 2. The van der Waals surface area contributed by atoms with Gasteiger partial charge in [0.15, 0.2) is 0 Å². The summed E-state index contributed by atoms with van der Waals surface area (Å²) in [6.07, 6.45) is 2.75. The lowest BCUT2D eigenvalue weighted by molar-refractivity contribution is 0.197. The predicted molar refractivity (Wildman–Crippen MR) is 56.5 cm³/mol. The topological polar surface area (TPSA) is 47.0 Å². The highest BCUT2D eigenvalue weighted by atomic mass is 16.5. The van der Waals surface area contributed by atoms with Gasteiger partial charge >= 0.3 is 0 Å². The molecule has 1 N–H and O–H groups in total. The van der Waals surface area contributed by atoms with Crippen LogP contribution in [0.1, 0.15) is 17.8 Å². The van der Waals surface area contributed by atoms with Crippen molar-refractivity contribution in [2.45, 2.75) is 20.3 Å². The first-order valence-electron chi connectivity index (χ1n) is 4.77. The van der Waals surface area contributed by atoms with Gasteiger partial charge in [-0.25, -0.2) is 4.98 Å². The number of hydrogen-bond donors (Lipinski definition) is 1. The second-order valence-electron chi connectivity index (χ2n) is 3.22. The maximum Gasteiger partial charge on any atom is 0.147 e. The Labute approximate surface area is 84.7 Å². The van der Waals surface area contributed by atoms with Crippen LogP contribution in [0.2, 0.25) is 0 Å². The third-order valence-electron chi connectivity index (χ3n) is 1.89. The maximum atomic E-state index is 4.96. The molecule has 0 aliphatic rings. The van der Waals surface area contributed by atoms with Crippen LogP contribution in [0.3, 0.4) is 0 Å². The molecule has 0 aliphatic carbocycles. The first-order chi connectivity index (χ1) is 6.74. The molecular formula is C10H17N3O. The molecule has 4 heteroatoms. The Bertz CT molecular complexity index is 289. The molecule has 0 spiro atoms. The van der Waals surface area contributed by atoms with E-state index in [-0.39, 0.29) is 0 Å². The second-order valence-corrected chi connectivity index (χ2v) is 3.22. The third-order valence-corrected chi connectivity index (χ3v) is 1.89. The molecular weight excluding hydrogens is 178 g/mol. The van der Waals surface area contributed by atoms with Crippen molar-refractivity contribution in [3.8, 4) is 0 Å². The van der Waals surface area contributed by atoms with E-state index < -0.39 is 0 Å². The fourth-order valence-corrected chi connectivity index (χ4v) is 1.13. The molecule has 0 unspecified atom stereocenters. The van der Waals surface area contributed by atoms with Crippen LogP contribution in [0.5, 0.6) is 0 Å². The molecule has 14 heavy (non-hydrogen) atoms. The van der Waals surface area contributed by atoms with Gasteiger partial charge in [-0.2, -0.15) is 0 Å². The van der Waals surface area contributed by atoms with Crippen LogP contribution in [0.4, 0.5) is 5.82 Å². The van der Waals surface area contributed by atoms with E-state index in [0.29, 0.717) is 0 Å². The fourth-order valence-electron chi connectivity index (χ4n) is 1.13. The van der Waals surface area contributed by atoms with Crippen LogP contribution >= 0.6 is 0 Å². The number of nitrogens with zero attached hydrogens (tertiary/aromatic N) is 2. The molecule has 0 saturated carbocycles. The number of anilines is 1. The Morgan fingerprint density at radius 1 is 1.43 bits per heavy atom. The monoisotopic (exact) mass is 195 g/mol. The number of rotatable bonds is 5. The summed E-state index contributed by atoms with van der Waals surface area (Å²) in [5.41, 5.74) is 1.87. The number of aromatic nitrogens is 2. The minimum absolute atomic E-state index is 0.769. The zero-order valence-electron chi connectivity index (χ0n) is 9.00. The summed E-state index contributed by atoms with van der Waals surface area (Å²) < 4.78 is 4.96. The third kappa shape index (κ3) is 3.30. The highest BCUT2D eigenvalue weighted by molar-refractivity contribution is 5.39. The molecule has 0 saturated heterocycles. The van der Waals surface area contributed by atoms with Gasteiger partial charge in [-0.1, -0.05) is 0 Å². The van der Waals surface area contributed by atoms with Gasteiger partial charge in [0.2, 0.25) is 0 Å². The fraction of sp³-hybridized carbons (Fsp3) is 0.600. The summed E-state index contributed by atoms with van der Waals surface area (Å²) in [5.74, 6) is 0.876. The molecule has 1 aromatic rings. The minimum atomic E-state index is 0.769. The molecule has 1 heterocycles. The molecule has 0 fully saturated rings. The summed E-state index contributed by atoms with van der Waals surface area (Å²) >= 11 is 0. The van der Waals surface area contributed by atoms with E-state index in [2.05, 4.69) is 15.3 Å². The van der Waals surface area contributed by atoms with Gasteiger partial charge in [-0.15, -0.1) is 0 Å². The quantitative estimate of drug-likeness (QED) is 0.724. The van der Waals surface area contributed by atoms with E-state index in [1.807, 2.05) is 13.8 Å². The minimum Gasteiger partial charge on any atom is -0.385 e. The standard InChI is InChI=1S/C10H17N3O/c1-8-7-12-9(2)10(13-8)11-5-4-6-14-3/h7H,4-6H2,1-3H3,(H,11,13). The molecule has 0 aromatic carbocycles. The van der Waals surface area contributed by atoms with Gasteiger partial charge in [-0.05, 0) is 20.3 Å². The molecule has 0 aliphatic heterocycles. The molecule has 78 valence electrons. The summed E-state index contributed by atoms with van der Waals surface area (Å²) in [4.78, 5) is 8.58. The van der Waals surface area contributed by atoms with Crippen molar-refractivity contribution in [2.24, 2.45) is 0 Å². The Kier molecular flexibility index (Phi) is 4.32. The summed E-state index contributed by atoms with van der Waals surface area (Å²) in [7, 11) is 1.71. The Morgan fingerprint density at radius 2 is 2.21 bits per heavy atom. The molecule has 1 aromatic heterocycles. The van der Waals surface area contributed by atoms with Crippen LogP contribution in [0.15, 0.2) is 6.20 Å². The molecule has 0 atom stereocenters. The van der Waals surface area contributed by atoms with Crippen LogP contribution in [0, 0.1) is 13.8 Å². The van der Waals surface area contributed by atoms with Gasteiger partial charge in [-0.3, -0.25) is 4.98 Å². The second kappa shape index (κ2) is 5.54. The molecule has 0 bridgehead atoms. The zero-order chi connectivity index (χ0) is 10.4. The number of ether oxygens (including phenoxy) is 1. The lowest BCUT2D eigenvalue weighted by Gasteiger charge is -2.07. The predicted octanol–water partition coefficient (Wildman–Crippen LogP) is 1.54. The van der Waals surface area contributed by atoms with Gasteiger partial charge < -0.3 is 10.1 Å². The zero-order valence-corrected chi connectivity index (χ0v) is 9.00. The largest absolute Gasteiger partial charge is 0.385 e. The van der Waals surface area contributed by atoms with Gasteiger partial charge in [0, 0.05) is 26.5 Å². The van der Waals surface area contributed by atoms with Gasteiger partial charge in [0.25, 0.3) is 0 Å². The average Bonchev–Trinajstić information content (AvgIpc) is 2.18. The van der Waals surface area contributed by atoms with Crippen molar-refractivity contribution in [3.05, 3.63) is 17.6 Å². The normalized spacial score (nSPS) is 10.2. The van der Waals surface area contributed by atoms with Crippen molar-refractivity contribution in [2.75, 3.05) is 25.6 Å². The van der Waals surface area contributed by atoms with Crippen molar-refractivity contribution in [1.29, 1.82) is 0 Å². The number of nitrogens with one attached hydrogen (secondary N) is 1. The van der Waals surface area contributed by atoms with Crippen LogP contribution < -0.4 is 5.32 Å². The SMILES string of the molecule is COCCCNc1nc(C)cnc1C. The van der Waals surface area contributed by atoms with Gasteiger partial charge in [0.05, 0.1) is 11.4 Å². The molecule has 0 amide bonds. The first kappa shape index (κ1) is 10.9. The lowest BCUT2D eigenvalue weighted by Crippen LogP contribution is -2.08. The molecule has 0 radical (unpaired) electrons. The number of hydrogen-bond acceptors (Lipinski definition) is 4. The first-order valence-corrected chi connectivity index (χ1v) is 4.77. The average molecular weight is 195 g/mol. The summed E-state index contributed by atoms with van der Waals surface area (Å²) in [6.45, 7) is 5.52. The van der Waals surface area contributed by atoms with Crippen LogP contribution in [-0.2, 0) is 4.74 Å². The van der Waals surface area contributed by atoms with E-state index in [0.717, 1.165) is 36.8 Å². The molecule has 1 rings (SSSR count). The van der Waals surface area contributed by atoms with E-state index in [1.165, 1.54) is 0 Å². The summed E-state index contributed by atoms with van der Waals surface area (Å²) in [6, 6.07) is 0. The highest BCUT2D eigenvalue weighted by Crippen LogP contribution is 2.07. The van der Waals surface area contributed by atoms with Crippen LogP contribution in [-0.4, -0.2) is 30.2 Å². The van der Waals surface area contributed by atoms with Crippen molar-refractivity contribution in [1.82, 2.24) is 9.97 Å². The van der Waals surface area contributed by atoms with Crippen molar-refractivity contribution >= 4 is 5.82 Å². The Balaban J connectivity index is 2.45. The van der Waals surface area contributed by atoms with Crippen molar-refractivity contribution < 1.29 is 4.74 Å². The van der Waals surface area contributed by atoms with E-state index >= 15 is 0 Å². The highest BCUT2D eigenvalue weighted by Gasteiger charge is 1.99. The smallest absolute Gasteiger partial charge is 0.147 e. The van der Waals surface area contributed by atoms with E-state index in [4.69, 9.17) is 4.74 Å². The Hall–Kier alpha value is -1.16. The van der Waals surface area contributed by atoms with E-state index in [9.17, 15) is 0 Å². The van der Waals surface area contributed by atoms with E-state index in [1.54, 1.807) is 13.3 Å². The van der Waals surface area contributed by atoms with Crippen molar-refractivity contribution in [3.63, 3.8) is 0 Å². The lowest BCUT2D eigenvalue weighted by atomic mass is 10.4. The Morgan fingerprint density at radius 3 is 2.93 bits per heavy atom. The molecule has 4 nitrogen and oxygen atoms in total. The van der Waals surface area contributed by atoms with Gasteiger partial charge in [0.1, 0.15) is 5.82 Å². The van der Waals surface area contributed by atoms with Crippen LogP contribution in [0.25, 0.3) is 0 Å².